The molecule has 192 valence electrons. The van der Waals surface area contributed by atoms with Crippen molar-refractivity contribution in [3.8, 4) is 0 Å². The van der Waals surface area contributed by atoms with Crippen LogP contribution in [-0.4, -0.2) is 51.8 Å². The van der Waals surface area contributed by atoms with Crippen LogP contribution in [0.25, 0.3) is 0 Å². The molecular weight excluding hydrogens is 480 g/mol. The third-order valence-corrected chi connectivity index (χ3v) is 7.74. The summed E-state index contributed by atoms with van der Waals surface area (Å²) in [6.45, 7) is 2.03. The molecule has 3 saturated heterocycles. The summed E-state index contributed by atoms with van der Waals surface area (Å²) in [7, 11) is 0. The van der Waals surface area contributed by atoms with E-state index in [4.69, 9.17) is 0 Å². The van der Waals surface area contributed by atoms with Gasteiger partial charge in [0.05, 0.1) is 17.6 Å². The number of para-hydroxylation sites is 1. The van der Waals surface area contributed by atoms with Gasteiger partial charge in [-0.1, -0.05) is 80.1 Å². The van der Waals surface area contributed by atoms with Crippen LogP contribution in [0.5, 0.6) is 0 Å². The van der Waals surface area contributed by atoms with E-state index in [0.29, 0.717) is 17.7 Å². The number of hydrazine groups is 1. The first kappa shape index (κ1) is 24.1. The quantitative estimate of drug-likeness (QED) is 0.516. The van der Waals surface area contributed by atoms with Crippen molar-refractivity contribution in [2.45, 2.75) is 43.9 Å². The Bertz CT molecular complexity index is 1380. The van der Waals surface area contributed by atoms with Crippen LogP contribution < -0.4 is 10.2 Å². The molecule has 3 aromatic carbocycles. The van der Waals surface area contributed by atoms with E-state index in [2.05, 4.69) is 5.32 Å². The molecule has 0 saturated carbocycles. The van der Waals surface area contributed by atoms with Gasteiger partial charge >= 0.3 is 0 Å². The Balaban J connectivity index is 1.43. The first-order valence-corrected chi connectivity index (χ1v) is 13.0. The predicted octanol–water partition coefficient (Wildman–Crippen LogP) is 3.33. The second-order valence-corrected chi connectivity index (χ2v) is 9.91. The molecule has 8 nitrogen and oxygen atoms in total. The van der Waals surface area contributed by atoms with E-state index in [1.165, 1.54) is 9.91 Å². The highest BCUT2D eigenvalue weighted by atomic mass is 16.2. The lowest BCUT2D eigenvalue weighted by Gasteiger charge is -2.34. The molecule has 0 radical (unpaired) electrons. The molecule has 6 rings (SSSR count). The number of fused-ring (bicyclic) bond motifs is 3. The number of nitrogens with one attached hydrogen (secondary N) is 1. The number of imide groups is 1. The van der Waals surface area contributed by atoms with Gasteiger partial charge in [-0.05, 0) is 36.2 Å². The van der Waals surface area contributed by atoms with Crippen LogP contribution in [0.1, 0.15) is 41.7 Å². The number of carbonyl (C=O) groups is 4. The topological polar surface area (TPSA) is 90.0 Å². The average molecular weight is 509 g/mol. The van der Waals surface area contributed by atoms with Crippen LogP contribution in [0.15, 0.2) is 91.0 Å². The summed E-state index contributed by atoms with van der Waals surface area (Å²) in [6, 6.07) is 24.3. The van der Waals surface area contributed by atoms with E-state index in [-0.39, 0.29) is 23.8 Å². The maximum atomic E-state index is 14.1. The van der Waals surface area contributed by atoms with E-state index >= 15 is 0 Å². The second kappa shape index (κ2) is 9.54. The average Bonchev–Trinajstić information content (AvgIpc) is 3.52. The number of anilines is 1. The Hall–Kier alpha value is -4.30. The van der Waals surface area contributed by atoms with Crippen molar-refractivity contribution in [3.63, 3.8) is 0 Å². The zero-order valence-corrected chi connectivity index (χ0v) is 20.9. The lowest BCUT2D eigenvalue weighted by Crippen LogP contribution is -2.48. The van der Waals surface area contributed by atoms with Gasteiger partial charge in [-0.3, -0.25) is 24.2 Å². The van der Waals surface area contributed by atoms with Crippen molar-refractivity contribution >= 4 is 29.3 Å². The van der Waals surface area contributed by atoms with Crippen molar-refractivity contribution in [2.75, 3.05) is 4.90 Å². The lowest BCUT2D eigenvalue weighted by molar-refractivity contribution is -0.145. The minimum absolute atomic E-state index is 0.288. The van der Waals surface area contributed by atoms with Gasteiger partial charge < -0.3 is 5.32 Å². The van der Waals surface area contributed by atoms with Crippen LogP contribution in [0.3, 0.4) is 0 Å². The third-order valence-electron chi connectivity index (χ3n) is 7.74. The predicted molar refractivity (Wildman–Crippen MR) is 140 cm³/mol. The monoisotopic (exact) mass is 508 g/mol. The smallest absolute Gasteiger partial charge is 0.262 e. The van der Waals surface area contributed by atoms with Crippen molar-refractivity contribution < 1.29 is 19.2 Å². The van der Waals surface area contributed by atoms with E-state index in [9.17, 15) is 19.2 Å². The highest BCUT2D eigenvalue weighted by Gasteiger charge is 2.68. The zero-order chi connectivity index (χ0) is 26.4. The Kier molecular flexibility index (Phi) is 6.04. The molecule has 0 unspecified atom stereocenters. The first-order chi connectivity index (χ1) is 18.5. The summed E-state index contributed by atoms with van der Waals surface area (Å²) in [5.74, 6) is -2.12. The summed E-state index contributed by atoms with van der Waals surface area (Å²) in [5, 5.41) is 6.33. The summed E-state index contributed by atoms with van der Waals surface area (Å²) < 4.78 is 0. The van der Waals surface area contributed by atoms with E-state index in [0.717, 1.165) is 12.0 Å². The van der Waals surface area contributed by atoms with E-state index in [1.807, 2.05) is 54.4 Å². The number of rotatable bonds is 6. The number of benzene rings is 3. The third kappa shape index (κ3) is 3.63. The molecule has 8 heteroatoms. The van der Waals surface area contributed by atoms with Gasteiger partial charge in [0.1, 0.15) is 12.1 Å². The number of amides is 4. The van der Waals surface area contributed by atoms with Gasteiger partial charge in [0.15, 0.2) is 0 Å². The Morgan fingerprint density at radius 2 is 1.37 bits per heavy atom. The van der Waals surface area contributed by atoms with Gasteiger partial charge in [-0.15, -0.1) is 0 Å². The number of nitrogens with zero attached hydrogens (tertiary/aromatic N) is 3. The second-order valence-electron chi connectivity index (χ2n) is 9.91. The fraction of sp³-hybridized carbons (Fsp3) is 0.267. The minimum atomic E-state index is -0.948. The molecule has 5 atom stereocenters. The van der Waals surface area contributed by atoms with Gasteiger partial charge in [0, 0.05) is 11.6 Å². The summed E-state index contributed by atoms with van der Waals surface area (Å²) >= 11 is 0. The molecule has 0 spiro atoms. The zero-order valence-electron chi connectivity index (χ0n) is 20.9. The molecule has 0 aliphatic carbocycles. The molecule has 3 aromatic rings. The van der Waals surface area contributed by atoms with Gasteiger partial charge in [0.2, 0.25) is 5.91 Å². The molecule has 3 heterocycles. The Morgan fingerprint density at radius 3 is 2.00 bits per heavy atom. The maximum absolute atomic E-state index is 14.1. The molecule has 38 heavy (non-hydrogen) atoms. The summed E-state index contributed by atoms with van der Waals surface area (Å²) in [5.41, 5.74) is 1.78. The molecule has 3 fully saturated rings. The Labute approximate surface area is 220 Å². The molecule has 3 aliphatic heterocycles. The van der Waals surface area contributed by atoms with Crippen molar-refractivity contribution in [1.82, 2.24) is 15.3 Å². The van der Waals surface area contributed by atoms with Crippen LogP contribution in [0, 0.1) is 5.92 Å². The van der Waals surface area contributed by atoms with Crippen LogP contribution in [0.2, 0.25) is 0 Å². The van der Waals surface area contributed by atoms with Crippen molar-refractivity contribution in [2.24, 2.45) is 5.92 Å². The van der Waals surface area contributed by atoms with E-state index < -0.39 is 30.0 Å². The minimum Gasteiger partial charge on any atom is -0.338 e. The first-order valence-electron chi connectivity index (χ1n) is 13.0. The highest BCUT2D eigenvalue weighted by Crippen LogP contribution is 2.49. The molecule has 4 amide bonds. The number of hydrogen-bond donors (Lipinski definition) is 1. The lowest BCUT2D eigenvalue weighted by atomic mass is 9.89. The molecule has 1 N–H and O–H groups in total. The van der Waals surface area contributed by atoms with Crippen molar-refractivity contribution in [1.29, 1.82) is 0 Å². The highest BCUT2D eigenvalue weighted by molar-refractivity contribution is 6.25. The summed E-state index contributed by atoms with van der Waals surface area (Å²) in [4.78, 5) is 56.1. The molecular formula is C30H28N4O4. The SMILES string of the molecule is CCC[C@@H]1[C@H]2C(=O)N(c3ccccc3)C(=O)[C@H]2N2C(=O)[C@H](NC(=O)c3ccccc3)[C@@H](c3ccccc3)N12. The maximum Gasteiger partial charge on any atom is 0.262 e. The van der Waals surface area contributed by atoms with Crippen LogP contribution in [-0.2, 0) is 14.4 Å². The standard InChI is InChI=1S/C30H28N4O4/c1-2-12-22-23-26(30(38)32(28(23)36)21-17-10-5-11-18-21)34-29(37)24(31-27(35)20-15-8-4-9-16-20)25(33(22)34)19-13-6-3-7-14-19/h3-11,13-18,22-26H,2,12H2,1H3,(H,31,35)/t22-,23-,24-,25-,26+/m1/s1. The normalized spacial score (nSPS) is 26.6. The summed E-state index contributed by atoms with van der Waals surface area (Å²) in [6.07, 6.45) is 1.39. The number of carbonyl (C=O) groups excluding carboxylic acids is 4. The largest absolute Gasteiger partial charge is 0.338 e. The van der Waals surface area contributed by atoms with Crippen LogP contribution in [0.4, 0.5) is 5.69 Å². The fourth-order valence-electron chi connectivity index (χ4n) is 6.19. The van der Waals surface area contributed by atoms with Gasteiger partial charge in [-0.25, -0.2) is 9.91 Å². The molecule has 3 aliphatic rings. The van der Waals surface area contributed by atoms with Crippen LogP contribution >= 0.6 is 0 Å². The molecule has 0 bridgehead atoms. The Morgan fingerprint density at radius 1 is 0.763 bits per heavy atom. The van der Waals surface area contributed by atoms with E-state index in [1.54, 1.807) is 48.5 Å². The fourth-order valence-corrected chi connectivity index (χ4v) is 6.19. The van der Waals surface area contributed by atoms with Gasteiger partial charge in [-0.2, -0.15) is 0 Å². The molecule has 0 aromatic heterocycles. The van der Waals surface area contributed by atoms with Crippen molar-refractivity contribution in [3.05, 3.63) is 102 Å². The number of hydrogen-bond acceptors (Lipinski definition) is 5. The van der Waals surface area contributed by atoms with Gasteiger partial charge in [0.25, 0.3) is 17.7 Å².